The van der Waals surface area contributed by atoms with Crippen molar-refractivity contribution in [3.63, 3.8) is 0 Å². The van der Waals surface area contributed by atoms with Gasteiger partial charge < -0.3 is 10.2 Å². The van der Waals surface area contributed by atoms with Crippen molar-refractivity contribution >= 4 is 27.4 Å². The number of thiophene rings is 1. The summed E-state index contributed by atoms with van der Waals surface area (Å²) in [5.41, 5.74) is 0. The van der Waals surface area contributed by atoms with Crippen molar-refractivity contribution in [3.8, 4) is 0 Å². The molecule has 0 radical (unpaired) electrons. The summed E-state index contributed by atoms with van der Waals surface area (Å²) < 4.78 is 0. The highest BCUT2D eigenvalue weighted by molar-refractivity contribution is 7.16. The maximum absolute atomic E-state index is 4.73. The van der Waals surface area contributed by atoms with E-state index < -0.39 is 0 Å². The van der Waals surface area contributed by atoms with Gasteiger partial charge in [0, 0.05) is 25.7 Å². The van der Waals surface area contributed by atoms with Crippen molar-refractivity contribution in [2.45, 2.75) is 25.9 Å². The molecule has 0 aromatic carbocycles. The van der Waals surface area contributed by atoms with Crippen LogP contribution in [0.2, 0.25) is 0 Å². The van der Waals surface area contributed by atoms with Gasteiger partial charge in [0.1, 0.15) is 16.5 Å². The fourth-order valence-corrected chi connectivity index (χ4v) is 3.63. The van der Waals surface area contributed by atoms with Gasteiger partial charge in [-0.25, -0.2) is 9.97 Å². The first-order valence-corrected chi connectivity index (χ1v) is 8.42. The third-order valence-corrected chi connectivity index (χ3v) is 4.87. The Morgan fingerprint density at radius 3 is 3.00 bits per heavy atom. The van der Waals surface area contributed by atoms with Gasteiger partial charge in [-0.05, 0) is 38.9 Å². The Labute approximate surface area is 130 Å². The fraction of sp³-hybridized carbons (Fsp3) is 0.600. The molecular formula is C15H23N5S. The SMILES string of the molecule is CCNc1nc(CN2CCC(N(C)C)C2)nc2sccc12. The van der Waals surface area contributed by atoms with Gasteiger partial charge >= 0.3 is 0 Å². The monoisotopic (exact) mass is 305 g/mol. The molecule has 2 aromatic rings. The molecule has 0 amide bonds. The van der Waals surface area contributed by atoms with E-state index in [1.807, 2.05) is 0 Å². The third-order valence-electron chi connectivity index (χ3n) is 4.06. The van der Waals surface area contributed by atoms with Gasteiger partial charge in [0.15, 0.2) is 0 Å². The normalized spacial score (nSPS) is 19.7. The molecule has 1 saturated heterocycles. The molecule has 0 aliphatic carbocycles. The molecule has 0 saturated carbocycles. The summed E-state index contributed by atoms with van der Waals surface area (Å²) in [7, 11) is 4.32. The number of nitrogens with one attached hydrogen (secondary N) is 1. The highest BCUT2D eigenvalue weighted by atomic mass is 32.1. The molecule has 0 spiro atoms. The van der Waals surface area contributed by atoms with Gasteiger partial charge in [-0.1, -0.05) is 0 Å². The highest BCUT2D eigenvalue weighted by Gasteiger charge is 2.24. The van der Waals surface area contributed by atoms with Crippen molar-refractivity contribution in [3.05, 3.63) is 17.3 Å². The number of fused-ring (bicyclic) bond motifs is 1. The number of nitrogens with zero attached hydrogens (tertiary/aromatic N) is 4. The molecule has 114 valence electrons. The summed E-state index contributed by atoms with van der Waals surface area (Å²) in [4.78, 5) is 15.3. The molecule has 5 nitrogen and oxygen atoms in total. The molecule has 2 aromatic heterocycles. The second-order valence-corrected chi connectivity index (χ2v) is 6.69. The summed E-state index contributed by atoms with van der Waals surface area (Å²) >= 11 is 1.69. The number of hydrogen-bond acceptors (Lipinski definition) is 6. The van der Waals surface area contributed by atoms with E-state index in [0.717, 1.165) is 48.0 Å². The topological polar surface area (TPSA) is 44.3 Å². The van der Waals surface area contributed by atoms with E-state index in [2.05, 4.69) is 47.6 Å². The molecular weight excluding hydrogens is 282 g/mol. The maximum atomic E-state index is 4.73. The number of hydrogen-bond donors (Lipinski definition) is 1. The number of likely N-dealkylation sites (tertiary alicyclic amines) is 1. The van der Waals surface area contributed by atoms with E-state index in [9.17, 15) is 0 Å². The molecule has 1 aliphatic heterocycles. The van der Waals surface area contributed by atoms with Crippen LogP contribution in [0, 0.1) is 0 Å². The Hall–Kier alpha value is -1.24. The first-order valence-electron chi connectivity index (χ1n) is 7.54. The smallest absolute Gasteiger partial charge is 0.146 e. The average Bonchev–Trinajstić information content (AvgIpc) is 3.08. The molecule has 1 N–H and O–H groups in total. The Bertz CT molecular complexity index is 609. The van der Waals surface area contributed by atoms with Crippen LogP contribution in [0.1, 0.15) is 19.2 Å². The van der Waals surface area contributed by atoms with Crippen LogP contribution in [-0.2, 0) is 6.54 Å². The zero-order valence-electron chi connectivity index (χ0n) is 13.0. The predicted octanol–water partition coefficient (Wildman–Crippen LogP) is 2.26. The molecule has 3 rings (SSSR count). The van der Waals surface area contributed by atoms with Gasteiger partial charge in [-0.3, -0.25) is 4.90 Å². The van der Waals surface area contributed by atoms with E-state index in [-0.39, 0.29) is 0 Å². The minimum absolute atomic E-state index is 0.656. The molecule has 1 aliphatic rings. The third kappa shape index (κ3) is 3.17. The lowest BCUT2D eigenvalue weighted by Gasteiger charge is -2.20. The van der Waals surface area contributed by atoms with Crippen LogP contribution in [0.15, 0.2) is 11.4 Å². The molecule has 0 bridgehead atoms. The van der Waals surface area contributed by atoms with Crippen LogP contribution >= 0.6 is 11.3 Å². The van der Waals surface area contributed by atoms with E-state index >= 15 is 0 Å². The van der Waals surface area contributed by atoms with Crippen molar-refractivity contribution < 1.29 is 0 Å². The number of anilines is 1. The summed E-state index contributed by atoms with van der Waals surface area (Å²) in [6.07, 6.45) is 1.23. The first kappa shape index (κ1) is 14.7. The van der Waals surface area contributed by atoms with Gasteiger partial charge in [-0.2, -0.15) is 0 Å². The Morgan fingerprint density at radius 1 is 1.43 bits per heavy atom. The van der Waals surface area contributed by atoms with Crippen molar-refractivity contribution in [1.29, 1.82) is 0 Å². The van der Waals surface area contributed by atoms with Crippen molar-refractivity contribution in [1.82, 2.24) is 19.8 Å². The van der Waals surface area contributed by atoms with E-state index in [0.29, 0.717) is 6.04 Å². The summed E-state index contributed by atoms with van der Waals surface area (Å²) in [5.74, 6) is 1.91. The lowest BCUT2D eigenvalue weighted by molar-refractivity contribution is 0.261. The molecule has 1 unspecified atom stereocenters. The first-order chi connectivity index (χ1) is 10.2. The second kappa shape index (κ2) is 6.25. The second-order valence-electron chi connectivity index (χ2n) is 5.80. The quantitative estimate of drug-likeness (QED) is 0.918. The van der Waals surface area contributed by atoms with E-state index in [4.69, 9.17) is 9.97 Å². The standard InChI is InChI=1S/C15H23N5S/c1-4-16-14-12-6-8-21-15(12)18-13(17-14)10-20-7-5-11(9-20)19(2)3/h6,8,11H,4-5,7,9-10H2,1-3H3,(H,16,17,18). The minimum atomic E-state index is 0.656. The average molecular weight is 305 g/mol. The zero-order valence-corrected chi connectivity index (χ0v) is 13.8. The van der Waals surface area contributed by atoms with Crippen LogP contribution < -0.4 is 5.32 Å². The van der Waals surface area contributed by atoms with Gasteiger partial charge in [0.2, 0.25) is 0 Å². The summed E-state index contributed by atoms with van der Waals surface area (Å²) in [6.45, 7) is 6.06. The number of likely N-dealkylation sites (N-methyl/N-ethyl adjacent to an activating group) is 1. The predicted molar refractivity (Wildman–Crippen MR) is 88.9 cm³/mol. The Balaban J connectivity index is 1.78. The van der Waals surface area contributed by atoms with Crippen LogP contribution in [0.5, 0.6) is 0 Å². The van der Waals surface area contributed by atoms with Crippen LogP contribution in [0.3, 0.4) is 0 Å². The largest absolute Gasteiger partial charge is 0.370 e. The van der Waals surface area contributed by atoms with Crippen LogP contribution in [0.25, 0.3) is 10.2 Å². The zero-order chi connectivity index (χ0) is 14.8. The number of rotatable bonds is 5. The molecule has 6 heteroatoms. The summed E-state index contributed by atoms with van der Waals surface area (Å²) in [5, 5.41) is 6.58. The number of aromatic nitrogens is 2. The Morgan fingerprint density at radius 2 is 2.29 bits per heavy atom. The molecule has 3 heterocycles. The highest BCUT2D eigenvalue weighted by Crippen LogP contribution is 2.25. The lowest BCUT2D eigenvalue weighted by atomic mass is 10.2. The maximum Gasteiger partial charge on any atom is 0.146 e. The van der Waals surface area contributed by atoms with Crippen molar-refractivity contribution in [2.24, 2.45) is 0 Å². The summed E-state index contributed by atoms with van der Waals surface area (Å²) in [6, 6.07) is 2.75. The van der Waals surface area contributed by atoms with E-state index in [1.54, 1.807) is 11.3 Å². The lowest BCUT2D eigenvalue weighted by Crippen LogP contribution is -2.31. The fourth-order valence-electron chi connectivity index (χ4n) is 2.85. The minimum Gasteiger partial charge on any atom is -0.370 e. The van der Waals surface area contributed by atoms with Crippen LogP contribution in [-0.4, -0.2) is 59.5 Å². The molecule has 1 atom stereocenters. The molecule has 1 fully saturated rings. The van der Waals surface area contributed by atoms with Gasteiger partial charge in [0.25, 0.3) is 0 Å². The van der Waals surface area contributed by atoms with Gasteiger partial charge in [0.05, 0.1) is 11.9 Å². The van der Waals surface area contributed by atoms with Crippen molar-refractivity contribution in [2.75, 3.05) is 39.0 Å². The van der Waals surface area contributed by atoms with E-state index in [1.165, 1.54) is 6.42 Å². The van der Waals surface area contributed by atoms with Crippen LogP contribution in [0.4, 0.5) is 5.82 Å². The molecule has 21 heavy (non-hydrogen) atoms. The Kier molecular flexibility index (Phi) is 4.37. The van der Waals surface area contributed by atoms with Gasteiger partial charge in [-0.15, -0.1) is 11.3 Å².